The summed E-state index contributed by atoms with van der Waals surface area (Å²) in [4.78, 5) is 0. The summed E-state index contributed by atoms with van der Waals surface area (Å²) in [5.41, 5.74) is 3.48. The van der Waals surface area contributed by atoms with E-state index in [4.69, 9.17) is 0 Å². The van der Waals surface area contributed by atoms with Crippen LogP contribution in [-0.4, -0.2) is 30.8 Å². The molecule has 0 unspecified atom stereocenters. The summed E-state index contributed by atoms with van der Waals surface area (Å²) < 4.78 is 1.05. The van der Waals surface area contributed by atoms with Crippen molar-refractivity contribution in [2.45, 2.75) is 27.7 Å². The molecule has 0 heterocycles. The van der Waals surface area contributed by atoms with Crippen molar-refractivity contribution in [2.75, 3.05) is 26.2 Å². The van der Waals surface area contributed by atoms with E-state index in [9.17, 15) is 0 Å². The minimum Gasteiger partial charge on any atom is -0.246 e. The van der Waals surface area contributed by atoms with E-state index in [1.54, 1.807) is 0 Å². The number of quaternary nitrogens is 1. The molecular weight excluding hydrogens is 124 g/mol. The van der Waals surface area contributed by atoms with Gasteiger partial charge in [-0.15, -0.1) is 0 Å². The summed E-state index contributed by atoms with van der Waals surface area (Å²) in [6.07, 6.45) is 0. The Hall–Kier alpha value is -0.0800. The van der Waals surface area contributed by atoms with Gasteiger partial charge in [-0.1, -0.05) is 0 Å². The molecule has 0 aliphatic carbocycles. The van der Waals surface area contributed by atoms with Gasteiger partial charge in [-0.3, -0.25) is 0 Å². The largest absolute Gasteiger partial charge is 0.246 e. The van der Waals surface area contributed by atoms with E-state index in [-0.39, 0.29) is 0 Å². The van der Waals surface area contributed by atoms with E-state index >= 15 is 0 Å². The second-order valence-corrected chi connectivity index (χ2v) is 2.61. The Morgan fingerprint density at radius 3 is 1.40 bits per heavy atom. The van der Waals surface area contributed by atoms with Crippen LogP contribution in [0.15, 0.2) is 0 Å². The van der Waals surface area contributed by atoms with Gasteiger partial charge in [-0.25, -0.2) is 4.59 Å². The molecule has 0 saturated heterocycles. The lowest BCUT2D eigenvalue weighted by atomic mass is 10.4. The highest BCUT2D eigenvalue weighted by atomic mass is 15.6. The zero-order chi connectivity index (χ0) is 8.04. The second kappa shape index (κ2) is 4.69. The number of nitrogens with one attached hydrogen (secondary N) is 1. The maximum absolute atomic E-state index is 3.48. The number of hydrogen-bond acceptors (Lipinski definition) is 1. The average molecular weight is 145 g/mol. The molecule has 0 aromatic carbocycles. The van der Waals surface area contributed by atoms with Crippen LogP contribution in [0.4, 0.5) is 0 Å². The smallest absolute Gasteiger partial charge is 0.0933 e. The van der Waals surface area contributed by atoms with Crippen LogP contribution in [0.2, 0.25) is 0 Å². The highest BCUT2D eigenvalue weighted by molar-refractivity contribution is 4.29. The standard InChI is InChI=1S/C8H21N2/c1-5-9-10(6-2,7-3)8-4/h9H,5-8H2,1-4H3/q+1. The Labute approximate surface area is 64.8 Å². The van der Waals surface area contributed by atoms with Gasteiger partial charge in [0.05, 0.1) is 19.6 Å². The van der Waals surface area contributed by atoms with Gasteiger partial charge in [0.1, 0.15) is 0 Å². The van der Waals surface area contributed by atoms with Crippen molar-refractivity contribution < 1.29 is 4.59 Å². The van der Waals surface area contributed by atoms with Crippen molar-refractivity contribution in [3.05, 3.63) is 0 Å². The molecule has 2 nitrogen and oxygen atoms in total. The Morgan fingerprint density at radius 1 is 0.900 bits per heavy atom. The summed E-state index contributed by atoms with van der Waals surface area (Å²) in [5.74, 6) is 0. The maximum Gasteiger partial charge on any atom is 0.0933 e. The van der Waals surface area contributed by atoms with Crippen LogP contribution in [0.5, 0.6) is 0 Å². The van der Waals surface area contributed by atoms with E-state index in [1.165, 1.54) is 19.6 Å². The van der Waals surface area contributed by atoms with Gasteiger partial charge in [0.2, 0.25) is 0 Å². The normalized spacial score (nSPS) is 12.0. The van der Waals surface area contributed by atoms with Gasteiger partial charge in [-0.05, 0) is 27.7 Å². The predicted molar refractivity (Wildman–Crippen MR) is 45.6 cm³/mol. The van der Waals surface area contributed by atoms with Crippen LogP contribution in [-0.2, 0) is 0 Å². The fourth-order valence-corrected chi connectivity index (χ4v) is 1.34. The summed E-state index contributed by atoms with van der Waals surface area (Å²) in [5, 5.41) is 0. The molecule has 0 saturated carbocycles. The van der Waals surface area contributed by atoms with Gasteiger partial charge in [0.15, 0.2) is 0 Å². The molecule has 0 aromatic rings. The van der Waals surface area contributed by atoms with Crippen molar-refractivity contribution in [1.29, 1.82) is 0 Å². The molecule has 0 fully saturated rings. The summed E-state index contributed by atoms with van der Waals surface area (Å²) in [7, 11) is 0. The maximum atomic E-state index is 3.48. The zero-order valence-corrected chi connectivity index (χ0v) is 7.78. The molecule has 0 aliphatic rings. The lowest BCUT2D eigenvalue weighted by Gasteiger charge is -2.34. The number of rotatable bonds is 5. The summed E-state index contributed by atoms with van der Waals surface area (Å²) >= 11 is 0. The summed E-state index contributed by atoms with van der Waals surface area (Å²) in [6, 6.07) is 0. The molecule has 0 atom stereocenters. The topological polar surface area (TPSA) is 12.0 Å². The number of hydrogen-bond donors (Lipinski definition) is 1. The molecule has 0 spiro atoms. The molecule has 2 heteroatoms. The van der Waals surface area contributed by atoms with Gasteiger partial charge >= 0.3 is 0 Å². The molecule has 1 N–H and O–H groups in total. The van der Waals surface area contributed by atoms with Crippen molar-refractivity contribution in [3.8, 4) is 0 Å². The third-order valence-electron chi connectivity index (χ3n) is 2.31. The second-order valence-electron chi connectivity index (χ2n) is 2.61. The van der Waals surface area contributed by atoms with E-state index in [2.05, 4.69) is 33.1 Å². The first-order valence-corrected chi connectivity index (χ1v) is 4.35. The van der Waals surface area contributed by atoms with E-state index in [1.807, 2.05) is 0 Å². The molecular formula is C8H21N2+. The van der Waals surface area contributed by atoms with Gasteiger partial charge in [0, 0.05) is 6.54 Å². The lowest BCUT2D eigenvalue weighted by Crippen LogP contribution is -2.57. The van der Waals surface area contributed by atoms with Crippen molar-refractivity contribution in [2.24, 2.45) is 0 Å². The Balaban J connectivity index is 3.87. The molecule has 62 valence electrons. The molecule has 0 amide bonds. The van der Waals surface area contributed by atoms with Crippen LogP contribution in [0.1, 0.15) is 27.7 Å². The van der Waals surface area contributed by atoms with Crippen LogP contribution < -0.4 is 5.43 Å². The molecule has 0 rings (SSSR count). The van der Waals surface area contributed by atoms with Gasteiger partial charge < -0.3 is 0 Å². The first-order chi connectivity index (χ1) is 4.74. The van der Waals surface area contributed by atoms with Crippen LogP contribution >= 0.6 is 0 Å². The zero-order valence-electron chi connectivity index (χ0n) is 7.78. The van der Waals surface area contributed by atoms with Gasteiger partial charge in [-0.2, -0.15) is 5.43 Å². The van der Waals surface area contributed by atoms with Gasteiger partial charge in [0.25, 0.3) is 0 Å². The first kappa shape index (κ1) is 9.92. The first-order valence-electron chi connectivity index (χ1n) is 4.35. The highest BCUT2D eigenvalue weighted by Gasteiger charge is 2.18. The third-order valence-corrected chi connectivity index (χ3v) is 2.31. The average Bonchev–Trinajstić information content (AvgIpc) is 2.01. The molecule has 10 heavy (non-hydrogen) atoms. The molecule has 0 aliphatic heterocycles. The van der Waals surface area contributed by atoms with Crippen LogP contribution in [0.3, 0.4) is 0 Å². The van der Waals surface area contributed by atoms with Crippen LogP contribution in [0, 0.1) is 0 Å². The number of nitrogens with zero attached hydrogens (tertiary/aromatic N) is 1. The molecule has 0 radical (unpaired) electrons. The SMILES string of the molecule is CCN[N+](CC)(CC)CC. The highest BCUT2D eigenvalue weighted by Crippen LogP contribution is 1.98. The molecule has 0 aromatic heterocycles. The minimum atomic E-state index is 1.05. The minimum absolute atomic E-state index is 1.05. The quantitative estimate of drug-likeness (QED) is 0.455. The Morgan fingerprint density at radius 2 is 1.30 bits per heavy atom. The fraction of sp³-hybridized carbons (Fsp3) is 1.00. The van der Waals surface area contributed by atoms with E-state index in [0.717, 1.165) is 11.1 Å². The van der Waals surface area contributed by atoms with E-state index in [0.29, 0.717) is 0 Å². The fourth-order valence-electron chi connectivity index (χ4n) is 1.34. The summed E-state index contributed by atoms with van der Waals surface area (Å²) in [6.45, 7) is 13.5. The lowest BCUT2D eigenvalue weighted by molar-refractivity contribution is -0.965. The van der Waals surface area contributed by atoms with Crippen molar-refractivity contribution in [3.63, 3.8) is 0 Å². The van der Waals surface area contributed by atoms with E-state index < -0.39 is 0 Å². The predicted octanol–water partition coefficient (Wildman–Crippen LogP) is 1.39. The van der Waals surface area contributed by atoms with Crippen molar-refractivity contribution >= 4 is 0 Å². The molecule has 0 bridgehead atoms. The monoisotopic (exact) mass is 145 g/mol. The Kier molecular flexibility index (Phi) is 4.65. The van der Waals surface area contributed by atoms with Crippen LogP contribution in [0.25, 0.3) is 0 Å². The van der Waals surface area contributed by atoms with Crippen molar-refractivity contribution in [1.82, 2.24) is 5.43 Å². The third kappa shape index (κ3) is 2.27. The Bertz CT molecular complexity index is 69.1.